The Morgan fingerprint density at radius 1 is 1.56 bits per heavy atom. The van der Waals surface area contributed by atoms with Crippen LogP contribution in [0.1, 0.15) is 35.7 Å². The summed E-state index contributed by atoms with van der Waals surface area (Å²) in [6, 6.07) is 4.76. The van der Waals surface area contributed by atoms with Gasteiger partial charge in [0.05, 0.1) is 5.54 Å². The van der Waals surface area contributed by atoms with E-state index < -0.39 is 0 Å². The van der Waals surface area contributed by atoms with Gasteiger partial charge in [0.15, 0.2) is 0 Å². The minimum atomic E-state index is -0.318. The molecule has 1 fully saturated rings. The average Bonchev–Trinajstić information content (AvgIpc) is 3.12. The standard InChI is InChI=1S/C14H20N2O2/c1-9-7-11(17)5-6-12(9)13(18)16-14(2,8-15)10-3-4-10/h5-7,10,17H,3-4,8,15H2,1-2H3,(H,16,18). The molecular formula is C14H20N2O2. The first-order valence-electron chi connectivity index (χ1n) is 6.28. The highest BCUT2D eigenvalue weighted by Crippen LogP contribution is 2.39. The first kappa shape index (κ1) is 12.9. The molecule has 4 nitrogen and oxygen atoms in total. The lowest BCUT2D eigenvalue weighted by molar-refractivity contribution is 0.0897. The van der Waals surface area contributed by atoms with Crippen LogP contribution in [0.2, 0.25) is 0 Å². The molecule has 2 rings (SSSR count). The number of aromatic hydroxyl groups is 1. The maximum atomic E-state index is 12.2. The number of rotatable bonds is 4. The number of phenols is 1. The summed E-state index contributed by atoms with van der Waals surface area (Å²) in [5.74, 6) is 0.545. The third kappa shape index (κ3) is 2.48. The van der Waals surface area contributed by atoms with E-state index in [-0.39, 0.29) is 17.2 Å². The van der Waals surface area contributed by atoms with Crippen molar-refractivity contribution in [3.8, 4) is 5.75 Å². The van der Waals surface area contributed by atoms with Crippen LogP contribution in [-0.2, 0) is 0 Å². The zero-order valence-electron chi connectivity index (χ0n) is 10.9. The SMILES string of the molecule is Cc1cc(O)ccc1C(=O)NC(C)(CN)C1CC1. The molecule has 0 aromatic heterocycles. The fourth-order valence-corrected chi connectivity index (χ4v) is 2.27. The zero-order valence-corrected chi connectivity index (χ0v) is 10.9. The molecule has 1 atom stereocenters. The molecule has 4 heteroatoms. The summed E-state index contributed by atoms with van der Waals surface area (Å²) in [5.41, 5.74) is 6.82. The quantitative estimate of drug-likeness (QED) is 0.757. The lowest BCUT2D eigenvalue weighted by Gasteiger charge is -2.29. The van der Waals surface area contributed by atoms with E-state index in [0.29, 0.717) is 18.0 Å². The summed E-state index contributed by atoms with van der Waals surface area (Å²) < 4.78 is 0. The zero-order chi connectivity index (χ0) is 13.3. The number of benzene rings is 1. The monoisotopic (exact) mass is 248 g/mol. The molecule has 18 heavy (non-hydrogen) atoms. The van der Waals surface area contributed by atoms with Crippen molar-refractivity contribution in [2.75, 3.05) is 6.54 Å². The van der Waals surface area contributed by atoms with Gasteiger partial charge in [-0.25, -0.2) is 0 Å². The number of carbonyl (C=O) groups is 1. The van der Waals surface area contributed by atoms with Gasteiger partial charge in [-0.05, 0) is 56.4 Å². The van der Waals surface area contributed by atoms with E-state index in [1.165, 1.54) is 6.07 Å². The second-order valence-electron chi connectivity index (χ2n) is 5.35. The topological polar surface area (TPSA) is 75.3 Å². The number of amides is 1. The summed E-state index contributed by atoms with van der Waals surface area (Å²) in [6.07, 6.45) is 2.26. The van der Waals surface area contributed by atoms with Crippen LogP contribution < -0.4 is 11.1 Å². The Balaban J connectivity index is 2.16. The van der Waals surface area contributed by atoms with Crippen molar-refractivity contribution < 1.29 is 9.90 Å². The third-order valence-electron chi connectivity index (χ3n) is 3.76. The molecule has 4 N–H and O–H groups in total. The number of hydrogen-bond donors (Lipinski definition) is 3. The Labute approximate surface area is 107 Å². The molecule has 0 radical (unpaired) electrons. The van der Waals surface area contributed by atoms with Crippen LogP contribution in [0.4, 0.5) is 0 Å². The highest BCUT2D eigenvalue weighted by molar-refractivity contribution is 5.96. The van der Waals surface area contributed by atoms with Crippen LogP contribution >= 0.6 is 0 Å². The molecule has 1 aromatic rings. The smallest absolute Gasteiger partial charge is 0.252 e. The molecule has 1 unspecified atom stereocenters. The van der Waals surface area contributed by atoms with Crippen molar-refractivity contribution in [2.24, 2.45) is 11.7 Å². The van der Waals surface area contributed by atoms with Gasteiger partial charge in [-0.3, -0.25) is 4.79 Å². The second kappa shape index (κ2) is 4.61. The molecule has 1 saturated carbocycles. The maximum Gasteiger partial charge on any atom is 0.252 e. The van der Waals surface area contributed by atoms with Gasteiger partial charge in [0.1, 0.15) is 5.75 Å². The maximum absolute atomic E-state index is 12.2. The normalized spacial score (nSPS) is 18.2. The van der Waals surface area contributed by atoms with Crippen LogP contribution in [0, 0.1) is 12.8 Å². The van der Waals surface area contributed by atoms with E-state index in [9.17, 15) is 9.90 Å². The minimum absolute atomic E-state index is 0.118. The summed E-state index contributed by atoms with van der Waals surface area (Å²) in [6.45, 7) is 4.25. The number of phenolic OH excluding ortho intramolecular Hbond substituents is 1. The molecule has 98 valence electrons. The molecule has 0 saturated heterocycles. The highest BCUT2D eigenvalue weighted by atomic mass is 16.3. The average molecular weight is 248 g/mol. The Bertz CT molecular complexity index is 469. The van der Waals surface area contributed by atoms with Gasteiger partial charge in [0, 0.05) is 12.1 Å². The number of nitrogens with one attached hydrogen (secondary N) is 1. The van der Waals surface area contributed by atoms with Crippen LogP contribution in [0.5, 0.6) is 5.75 Å². The van der Waals surface area contributed by atoms with Crippen molar-refractivity contribution in [2.45, 2.75) is 32.2 Å². The second-order valence-corrected chi connectivity index (χ2v) is 5.35. The van der Waals surface area contributed by atoms with Gasteiger partial charge in [-0.1, -0.05) is 0 Å². The highest BCUT2D eigenvalue weighted by Gasteiger charge is 2.41. The lowest BCUT2D eigenvalue weighted by atomic mass is 9.95. The van der Waals surface area contributed by atoms with E-state index in [0.717, 1.165) is 18.4 Å². The van der Waals surface area contributed by atoms with Crippen molar-refractivity contribution in [3.05, 3.63) is 29.3 Å². The van der Waals surface area contributed by atoms with Crippen LogP contribution in [0.25, 0.3) is 0 Å². The molecule has 1 amide bonds. The molecule has 1 aliphatic rings. The molecule has 0 heterocycles. The first-order valence-corrected chi connectivity index (χ1v) is 6.28. The Morgan fingerprint density at radius 2 is 2.22 bits per heavy atom. The number of hydrogen-bond acceptors (Lipinski definition) is 3. The summed E-state index contributed by atoms with van der Waals surface area (Å²) >= 11 is 0. The first-order chi connectivity index (χ1) is 8.46. The van der Waals surface area contributed by atoms with Gasteiger partial charge in [0.2, 0.25) is 0 Å². The number of aryl methyl sites for hydroxylation is 1. The van der Waals surface area contributed by atoms with Gasteiger partial charge in [-0.2, -0.15) is 0 Å². The molecule has 1 aliphatic carbocycles. The summed E-state index contributed by atoms with van der Waals surface area (Å²) in [5, 5.41) is 12.4. The number of carbonyl (C=O) groups excluding carboxylic acids is 1. The molecule has 0 spiro atoms. The van der Waals surface area contributed by atoms with Crippen molar-refractivity contribution >= 4 is 5.91 Å². The van der Waals surface area contributed by atoms with Crippen LogP contribution in [0.15, 0.2) is 18.2 Å². The summed E-state index contributed by atoms with van der Waals surface area (Å²) in [4.78, 5) is 12.2. The van der Waals surface area contributed by atoms with E-state index in [1.807, 2.05) is 13.8 Å². The van der Waals surface area contributed by atoms with Crippen molar-refractivity contribution in [1.29, 1.82) is 0 Å². The Hall–Kier alpha value is -1.55. The molecular weight excluding hydrogens is 228 g/mol. The van der Waals surface area contributed by atoms with E-state index >= 15 is 0 Å². The molecule has 0 aliphatic heterocycles. The molecule has 1 aromatic carbocycles. The largest absolute Gasteiger partial charge is 0.508 e. The van der Waals surface area contributed by atoms with Crippen LogP contribution in [0.3, 0.4) is 0 Å². The van der Waals surface area contributed by atoms with Gasteiger partial charge in [0.25, 0.3) is 5.91 Å². The van der Waals surface area contributed by atoms with Crippen molar-refractivity contribution in [3.63, 3.8) is 0 Å². The molecule has 0 bridgehead atoms. The van der Waals surface area contributed by atoms with E-state index in [1.54, 1.807) is 12.1 Å². The fraction of sp³-hybridized carbons (Fsp3) is 0.500. The van der Waals surface area contributed by atoms with Gasteiger partial charge < -0.3 is 16.2 Å². The van der Waals surface area contributed by atoms with Gasteiger partial charge >= 0.3 is 0 Å². The number of nitrogens with two attached hydrogens (primary N) is 1. The van der Waals surface area contributed by atoms with Crippen LogP contribution in [-0.4, -0.2) is 23.1 Å². The van der Waals surface area contributed by atoms with E-state index in [4.69, 9.17) is 5.73 Å². The third-order valence-corrected chi connectivity index (χ3v) is 3.76. The predicted octanol–water partition coefficient (Wildman–Crippen LogP) is 1.56. The lowest BCUT2D eigenvalue weighted by Crippen LogP contribution is -2.53. The van der Waals surface area contributed by atoms with Crippen molar-refractivity contribution in [1.82, 2.24) is 5.32 Å². The van der Waals surface area contributed by atoms with E-state index in [2.05, 4.69) is 5.32 Å². The Morgan fingerprint density at radius 3 is 2.72 bits per heavy atom. The van der Waals surface area contributed by atoms with Gasteiger partial charge in [-0.15, -0.1) is 0 Å². The fourth-order valence-electron chi connectivity index (χ4n) is 2.27. The predicted molar refractivity (Wildman–Crippen MR) is 70.5 cm³/mol. The minimum Gasteiger partial charge on any atom is -0.508 e. The Kier molecular flexibility index (Phi) is 3.30. The summed E-state index contributed by atoms with van der Waals surface area (Å²) in [7, 11) is 0.